The van der Waals surface area contributed by atoms with Crippen LogP contribution in [0.2, 0.25) is 0 Å². The number of hydrogen-bond donors (Lipinski definition) is 1. The van der Waals surface area contributed by atoms with Crippen LogP contribution in [0.5, 0.6) is 0 Å². The molecule has 6 nitrogen and oxygen atoms in total. The molecule has 0 spiro atoms. The van der Waals surface area contributed by atoms with Crippen LogP contribution < -0.4 is 5.73 Å². The Morgan fingerprint density at radius 1 is 1.30 bits per heavy atom. The van der Waals surface area contributed by atoms with Crippen molar-refractivity contribution < 1.29 is 14.3 Å². The fourth-order valence-corrected chi connectivity index (χ4v) is 4.27. The smallest absolute Gasteiger partial charge is 0.264 e. The summed E-state index contributed by atoms with van der Waals surface area (Å²) in [6.45, 7) is 3.74. The molecule has 0 radical (unpaired) electrons. The van der Waals surface area contributed by atoms with E-state index in [-0.39, 0.29) is 18.1 Å². The summed E-state index contributed by atoms with van der Waals surface area (Å²) in [5.74, 6) is -0.509. The summed E-state index contributed by atoms with van der Waals surface area (Å²) < 4.78 is 5.48. The summed E-state index contributed by atoms with van der Waals surface area (Å²) in [5.41, 5.74) is 5.28. The van der Waals surface area contributed by atoms with Crippen LogP contribution in [0.15, 0.2) is 12.1 Å². The van der Waals surface area contributed by atoms with Gasteiger partial charge in [-0.05, 0) is 44.5 Å². The van der Waals surface area contributed by atoms with Crippen LogP contribution in [-0.2, 0) is 4.74 Å². The first kappa shape index (κ1) is 16.4. The third-order valence-corrected chi connectivity index (χ3v) is 5.79. The molecule has 0 bridgehead atoms. The van der Waals surface area contributed by atoms with Gasteiger partial charge in [-0.25, -0.2) is 0 Å². The highest BCUT2D eigenvalue weighted by Crippen LogP contribution is 2.26. The van der Waals surface area contributed by atoms with E-state index < -0.39 is 5.91 Å². The molecule has 2 saturated heterocycles. The molecule has 2 atom stereocenters. The Bertz CT molecular complexity index is 583. The molecule has 2 aliphatic heterocycles. The zero-order valence-electron chi connectivity index (χ0n) is 13.4. The summed E-state index contributed by atoms with van der Waals surface area (Å²) >= 11 is 1.17. The Morgan fingerprint density at radius 2 is 2.00 bits per heavy atom. The Balaban J connectivity index is 1.73. The molecule has 2 fully saturated rings. The first-order chi connectivity index (χ1) is 11.1. The quantitative estimate of drug-likeness (QED) is 0.875. The third-order valence-electron chi connectivity index (χ3n) is 4.70. The lowest BCUT2D eigenvalue weighted by Crippen LogP contribution is -2.42. The minimum atomic E-state index is -0.487. The molecule has 0 aromatic carbocycles. The number of nitrogens with two attached hydrogens (primary N) is 1. The van der Waals surface area contributed by atoms with E-state index in [1.54, 1.807) is 19.2 Å². The van der Waals surface area contributed by atoms with E-state index in [0.29, 0.717) is 16.3 Å². The molecular weight excluding hydrogens is 314 g/mol. The van der Waals surface area contributed by atoms with Crippen molar-refractivity contribution in [1.82, 2.24) is 9.80 Å². The zero-order chi connectivity index (χ0) is 16.4. The maximum atomic E-state index is 12.8. The molecule has 23 heavy (non-hydrogen) atoms. The Morgan fingerprint density at radius 3 is 2.61 bits per heavy atom. The van der Waals surface area contributed by atoms with Crippen molar-refractivity contribution in [1.29, 1.82) is 0 Å². The van der Waals surface area contributed by atoms with Crippen molar-refractivity contribution >= 4 is 23.2 Å². The molecule has 0 saturated carbocycles. The van der Waals surface area contributed by atoms with Crippen molar-refractivity contribution in [3.05, 3.63) is 21.9 Å². The highest BCUT2D eigenvalue weighted by atomic mass is 32.1. The number of primary amides is 1. The van der Waals surface area contributed by atoms with Crippen LogP contribution in [0.1, 0.15) is 38.6 Å². The number of likely N-dealkylation sites (tertiary alicyclic amines) is 2. The first-order valence-corrected chi connectivity index (χ1v) is 8.86. The van der Waals surface area contributed by atoms with Gasteiger partial charge in [0.2, 0.25) is 0 Å². The average Bonchev–Trinajstić information content (AvgIpc) is 3.27. The average molecular weight is 337 g/mol. The number of ether oxygens (including phenoxy) is 1. The molecule has 3 rings (SSSR count). The van der Waals surface area contributed by atoms with Gasteiger partial charge < -0.3 is 20.3 Å². The van der Waals surface area contributed by atoms with Gasteiger partial charge in [-0.3, -0.25) is 9.59 Å². The maximum absolute atomic E-state index is 12.8. The molecule has 3 heterocycles. The van der Waals surface area contributed by atoms with Crippen LogP contribution in [0.3, 0.4) is 0 Å². The van der Waals surface area contributed by atoms with Crippen molar-refractivity contribution in [2.24, 2.45) is 5.73 Å². The molecule has 1 aromatic heterocycles. The van der Waals surface area contributed by atoms with Gasteiger partial charge in [0.05, 0.1) is 15.9 Å². The largest absolute Gasteiger partial charge is 0.380 e. The van der Waals surface area contributed by atoms with Crippen LogP contribution in [0.4, 0.5) is 0 Å². The number of carbonyl (C=O) groups is 2. The molecule has 1 aromatic rings. The lowest BCUT2D eigenvalue weighted by Gasteiger charge is -2.27. The van der Waals surface area contributed by atoms with E-state index in [9.17, 15) is 9.59 Å². The van der Waals surface area contributed by atoms with E-state index >= 15 is 0 Å². The fourth-order valence-electron chi connectivity index (χ4n) is 3.46. The molecule has 0 unspecified atom stereocenters. The summed E-state index contributed by atoms with van der Waals surface area (Å²) in [7, 11) is 1.70. The second-order valence-electron chi connectivity index (χ2n) is 6.24. The van der Waals surface area contributed by atoms with E-state index in [1.807, 2.05) is 4.90 Å². The van der Waals surface area contributed by atoms with Crippen LogP contribution in [0.25, 0.3) is 0 Å². The number of methoxy groups -OCH3 is 1. The lowest BCUT2D eigenvalue weighted by atomic mass is 10.2. The van der Waals surface area contributed by atoms with Gasteiger partial charge in [-0.1, -0.05) is 0 Å². The van der Waals surface area contributed by atoms with Gasteiger partial charge in [0.25, 0.3) is 11.8 Å². The molecular formula is C16H23N3O3S. The Hall–Kier alpha value is -1.44. The standard InChI is InChI=1S/C16H23N3O3S/c1-22-12-8-11(9-18-6-2-3-7-18)19(10-12)16(21)14-5-4-13(23-14)15(17)20/h4-5,11-12H,2-3,6-10H2,1H3,(H2,17,20)/t11-,12-/m0/s1. The molecule has 7 heteroatoms. The van der Waals surface area contributed by atoms with Crippen LogP contribution in [0, 0.1) is 0 Å². The second kappa shape index (κ2) is 6.98. The Kier molecular flexibility index (Phi) is 4.99. The molecule has 2 aliphatic rings. The monoisotopic (exact) mass is 337 g/mol. The second-order valence-corrected chi connectivity index (χ2v) is 7.32. The van der Waals surface area contributed by atoms with E-state index in [2.05, 4.69) is 4.90 Å². The van der Waals surface area contributed by atoms with Gasteiger partial charge in [0.15, 0.2) is 0 Å². The number of nitrogens with zero attached hydrogens (tertiary/aromatic N) is 2. The topological polar surface area (TPSA) is 75.9 Å². The van der Waals surface area contributed by atoms with Crippen molar-refractivity contribution in [2.75, 3.05) is 33.3 Å². The maximum Gasteiger partial charge on any atom is 0.264 e. The van der Waals surface area contributed by atoms with Gasteiger partial charge in [0, 0.05) is 26.2 Å². The number of thiophene rings is 1. The predicted octanol–water partition coefficient (Wildman–Crippen LogP) is 1.17. The van der Waals surface area contributed by atoms with Gasteiger partial charge in [0.1, 0.15) is 0 Å². The molecule has 126 valence electrons. The number of carbonyl (C=O) groups excluding carboxylic acids is 2. The zero-order valence-corrected chi connectivity index (χ0v) is 14.2. The van der Waals surface area contributed by atoms with E-state index in [1.165, 1.54) is 24.2 Å². The lowest BCUT2D eigenvalue weighted by molar-refractivity contribution is 0.0674. The number of rotatable bonds is 5. The van der Waals surface area contributed by atoms with E-state index in [0.717, 1.165) is 26.1 Å². The highest BCUT2D eigenvalue weighted by molar-refractivity contribution is 7.15. The third kappa shape index (κ3) is 3.57. The van der Waals surface area contributed by atoms with Crippen molar-refractivity contribution in [2.45, 2.75) is 31.4 Å². The highest BCUT2D eigenvalue weighted by Gasteiger charge is 2.37. The SMILES string of the molecule is CO[C@H]1C[C@@H](CN2CCCC2)N(C(=O)c2ccc(C(N)=O)s2)C1. The summed E-state index contributed by atoms with van der Waals surface area (Å²) in [4.78, 5) is 29.4. The molecule has 2 amide bonds. The predicted molar refractivity (Wildman–Crippen MR) is 88.7 cm³/mol. The van der Waals surface area contributed by atoms with Gasteiger partial charge in [-0.2, -0.15) is 0 Å². The van der Waals surface area contributed by atoms with Crippen molar-refractivity contribution in [3.63, 3.8) is 0 Å². The normalized spacial score (nSPS) is 25.2. The molecule has 0 aliphatic carbocycles. The van der Waals surface area contributed by atoms with Crippen molar-refractivity contribution in [3.8, 4) is 0 Å². The minimum absolute atomic E-state index is 0.0220. The summed E-state index contributed by atoms with van der Waals surface area (Å²) in [5, 5.41) is 0. The van der Waals surface area contributed by atoms with Gasteiger partial charge in [-0.15, -0.1) is 11.3 Å². The van der Waals surface area contributed by atoms with Crippen LogP contribution >= 0.6 is 11.3 Å². The minimum Gasteiger partial charge on any atom is -0.380 e. The van der Waals surface area contributed by atoms with Gasteiger partial charge >= 0.3 is 0 Å². The van der Waals surface area contributed by atoms with Crippen LogP contribution in [-0.4, -0.2) is 67.0 Å². The summed E-state index contributed by atoms with van der Waals surface area (Å²) in [6.07, 6.45) is 3.43. The number of hydrogen-bond acceptors (Lipinski definition) is 5. The molecule has 2 N–H and O–H groups in total. The summed E-state index contributed by atoms with van der Waals surface area (Å²) in [6, 6.07) is 3.49. The first-order valence-electron chi connectivity index (χ1n) is 8.04. The van der Waals surface area contributed by atoms with E-state index in [4.69, 9.17) is 10.5 Å². The fraction of sp³-hybridized carbons (Fsp3) is 0.625. The Labute approximate surface area is 140 Å². The number of amides is 2.